The standard InChI is InChI=1S/C17H25N3.C14H15N3/c1-5-6-7-15-8-9-17(10-16(15)11-18-4)20-12-13(2)19-14(20)3;1-3-13(15-2)10-12-6-4-7-14(11-12)17-9-5-8-16-17/h8-10,12,18H,5-7,11H2,1-4H3;3-9,11H,2,10H2,1H3/b;13-3-. The number of benzene rings is 2. The van der Waals surface area contributed by atoms with E-state index in [1.54, 1.807) is 6.20 Å². The van der Waals surface area contributed by atoms with Gasteiger partial charge in [-0.25, -0.2) is 9.67 Å². The van der Waals surface area contributed by atoms with Crippen molar-refractivity contribution in [2.24, 2.45) is 4.99 Å². The van der Waals surface area contributed by atoms with Crippen LogP contribution in [0.25, 0.3) is 11.4 Å². The van der Waals surface area contributed by atoms with Crippen LogP contribution in [0.1, 0.15) is 54.9 Å². The maximum Gasteiger partial charge on any atom is 0.110 e. The zero-order valence-corrected chi connectivity index (χ0v) is 22.9. The van der Waals surface area contributed by atoms with Crippen LogP contribution in [0.15, 0.2) is 83.9 Å². The van der Waals surface area contributed by atoms with Crippen molar-refractivity contribution >= 4 is 6.72 Å². The summed E-state index contributed by atoms with van der Waals surface area (Å²) in [6.45, 7) is 12.8. The lowest BCUT2D eigenvalue weighted by molar-refractivity contribution is 0.760. The molecule has 0 saturated heterocycles. The van der Waals surface area contributed by atoms with Gasteiger partial charge in [0.1, 0.15) is 5.82 Å². The molecule has 0 spiro atoms. The Hall–Kier alpha value is -3.77. The van der Waals surface area contributed by atoms with Crippen LogP contribution in [-0.4, -0.2) is 33.1 Å². The minimum Gasteiger partial charge on any atom is -0.316 e. The fraction of sp³-hybridized carbons (Fsp3) is 0.323. The van der Waals surface area contributed by atoms with E-state index in [2.05, 4.69) is 82.1 Å². The number of hydrogen-bond acceptors (Lipinski definition) is 4. The second-order valence-corrected chi connectivity index (χ2v) is 9.12. The lowest BCUT2D eigenvalue weighted by atomic mass is 10.0. The topological polar surface area (TPSA) is 60.0 Å². The highest BCUT2D eigenvalue weighted by Crippen LogP contribution is 2.19. The van der Waals surface area contributed by atoms with Gasteiger partial charge in [-0.05, 0) is 94.4 Å². The van der Waals surface area contributed by atoms with E-state index in [0.717, 1.165) is 42.3 Å². The van der Waals surface area contributed by atoms with E-state index in [4.69, 9.17) is 0 Å². The summed E-state index contributed by atoms with van der Waals surface area (Å²) in [4.78, 5) is 8.47. The number of imidazole rings is 1. The molecular formula is C31H40N6. The molecule has 0 fully saturated rings. The Morgan fingerprint density at radius 2 is 1.92 bits per heavy atom. The summed E-state index contributed by atoms with van der Waals surface area (Å²) in [5, 5.41) is 7.49. The predicted molar refractivity (Wildman–Crippen MR) is 155 cm³/mol. The van der Waals surface area contributed by atoms with Crippen molar-refractivity contribution in [3.8, 4) is 11.4 Å². The van der Waals surface area contributed by atoms with E-state index < -0.39 is 0 Å². The fourth-order valence-electron chi connectivity index (χ4n) is 4.30. The molecule has 0 aliphatic heterocycles. The molecule has 0 amide bonds. The minimum absolute atomic E-state index is 0.801. The number of aromatic nitrogens is 4. The molecule has 0 radical (unpaired) electrons. The van der Waals surface area contributed by atoms with E-state index in [-0.39, 0.29) is 0 Å². The fourth-order valence-corrected chi connectivity index (χ4v) is 4.30. The lowest BCUT2D eigenvalue weighted by Gasteiger charge is -2.13. The summed E-state index contributed by atoms with van der Waals surface area (Å²) < 4.78 is 4.01. The molecule has 2 aromatic heterocycles. The van der Waals surface area contributed by atoms with Crippen molar-refractivity contribution in [2.45, 2.75) is 59.9 Å². The van der Waals surface area contributed by atoms with E-state index in [1.165, 1.54) is 35.2 Å². The first-order chi connectivity index (χ1) is 18.0. The molecule has 0 aliphatic carbocycles. The number of aliphatic imine (C=N–C) groups is 1. The number of rotatable bonds is 10. The molecule has 6 heteroatoms. The largest absolute Gasteiger partial charge is 0.316 e. The van der Waals surface area contributed by atoms with Gasteiger partial charge in [-0.2, -0.15) is 5.10 Å². The van der Waals surface area contributed by atoms with Gasteiger partial charge in [-0.1, -0.05) is 37.6 Å². The molecule has 6 nitrogen and oxygen atoms in total. The summed E-state index contributed by atoms with van der Waals surface area (Å²) >= 11 is 0. The highest BCUT2D eigenvalue weighted by molar-refractivity contribution is 5.42. The molecule has 2 aromatic carbocycles. The second kappa shape index (κ2) is 14.1. The Morgan fingerprint density at radius 1 is 1.08 bits per heavy atom. The number of aryl methyl sites for hydroxylation is 3. The van der Waals surface area contributed by atoms with Crippen molar-refractivity contribution in [1.82, 2.24) is 24.6 Å². The Kier molecular flexibility index (Phi) is 10.6. The second-order valence-electron chi connectivity index (χ2n) is 9.12. The van der Waals surface area contributed by atoms with Crippen molar-refractivity contribution < 1.29 is 0 Å². The maximum absolute atomic E-state index is 4.48. The number of allylic oxidation sites excluding steroid dienone is 2. The molecule has 2 heterocycles. The zero-order valence-electron chi connectivity index (χ0n) is 22.9. The van der Waals surface area contributed by atoms with Gasteiger partial charge in [0.15, 0.2) is 0 Å². The van der Waals surface area contributed by atoms with Crippen molar-refractivity contribution in [1.29, 1.82) is 0 Å². The average molecular weight is 497 g/mol. The third-order valence-corrected chi connectivity index (χ3v) is 6.24. The van der Waals surface area contributed by atoms with Crippen LogP contribution in [-0.2, 0) is 19.4 Å². The predicted octanol–water partition coefficient (Wildman–Crippen LogP) is 6.57. The SMILES string of the molecule is C=N/C(=C\C)Cc1cccc(-n2cccn2)c1.CCCCc1ccc(-n2cc(C)nc2C)cc1CNC. The van der Waals surface area contributed by atoms with Gasteiger partial charge in [0.2, 0.25) is 0 Å². The minimum atomic E-state index is 0.801. The van der Waals surface area contributed by atoms with Crippen molar-refractivity contribution in [3.63, 3.8) is 0 Å². The quantitative estimate of drug-likeness (QED) is 0.253. The first-order valence-corrected chi connectivity index (χ1v) is 13.0. The van der Waals surface area contributed by atoms with Gasteiger partial charge in [-0.15, -0.1) is 0 Å². The molecule has 4 aromatic rings. The molecule has 0 bridgehead atoms. The first-order valence-electron chi connectivity index (χ1n) is 13.0. The van der Waals surface area contributed by atoms with Crippen LogP contribution in [0.4, 0.5) is 0 Å². The van der Waals surface area contributed by atoms with E-state index >= 15 is 0 Å². The van der Waals surface area contributed by atoms with Gasteiger partial charge >= 0.3 is 0 Å². The summed E-state index contributed by atoms with van der Waals surface area (Å²) in [6.07, 6.45) is 12.2. The van der Waals surface area contributed by atoms with Crippen LogP contribution in [0.3, 0.4) is 0 Å². The highest BCUT2D eigenvalue weighted by atomic mass is 15.3. The molecular weight excluding hydrogens is 456 g/mol. The number of nitrogens with one attached hydrogen (secondary N) is 1. The Labute approximate surface area is 221 Å². The van der Waals surface area contributed by atoms with Crippen molar-refractivity contribution in [2.75, 3.05) is 7.05 Å². The molecule has 0 saturated carbocycles. The summed E-state index contributed by atoms with van der Waals surface area (Å²) in [6, 6.07) is 16.9. The van der Waals surface area contributed by atoms with Crippen molar-refractivity contribution in [3.05, 3.63) is 107 Å². The van der Waals surface area contributed by atoms with Crippen LogP contribution in [0, 0.1) is 13.8 Å². The Morgan fingerprint density at radius 3 is 2.54 bits per heavy atom. The van der Waals surface area contributed by atoms with Gasteiger partial charge in [0.05, 0.1) is 11.4 Å². The van der Waals surface area contributed by atoms with E-state index in [1.807, 2.05) is 56.0 Å². The van der Waals surface area contributed by atoms with Gasteiger partial charge in [0.25, 0.3) is 0 Å². The van der Waals surface area contributed by atoms with E-state index in [0.29, 0.717) is 0 Å². The maximum atomic E-state index is 4.48. The Balaban J connectivity index is 0.000000208. The van der Waals surface area contributed by atoms with Crippen LogP contribution < -0.4 is 5.32 Å². The van der Waals surface area contributed by atoms with Crippen LogP contribution >= 0.6 is 0 Å². The summed E-state index contributed by atoms with van der Waals surface area (Å²) in [7, 11) is 2.00. The Bertz CT molecular complexity index is 1300. The average Bonchev–Trinajstić information content (AvgIpc) is 3.57. The monoisotopic (exact) mass is 496 g/mol. The molecule has 0 atom stereocenters. The first kappa shape index (κ1) is 27.8. The smallest absolute Gasteiger partial charge is 0.110 e. The van der Waals surface area contributed by atoms with Gasteiger partial charge < -0.3 is 9.88 Å². The third-order valence-electron chi connectivity index (χ3n) is 6.24. The molecule has 194 valence electrons. The van der Waals surface area contributed by atoms with Crippen LogP contribution in [0.5, 0.6) is 0 Å². The summed E-state index contributed by atoms with van der Waals surface area (Å²) in [5.74, 6) is 1.04. The van der Waals surface area contributed by atoms with Gasteiger partial charge in [0, 0.05) is 42.9 Å². The number of unbranched alkanes of at least 4 members (excludes halogenated alkanes) is 1. The zero-order chi connectivity index (χ0) is 26.6. The molecule has 0 unspecified atom stereocenters. The normalized spacial score (nSPS) is 11.2. The number of nitrogens with zero attached hydrogens (tertiary/aromatic N) is 5. The summed E-state index contributed by atoms with van der Waals surface area (Å²) in [5.41, 5.74) is 8.37. The molecule has 4 rings (SSSR count). The van der Waals surface area contributed by atoms with Crippen LogP contribution in [0.2, 0.25) is 0 Å². The third kappa shape index (κ3) is 7.86. The molecule has 1 N–H and O–H groups in total. The molecule has 0 aliphatic rings. The van der Waals surface area contributed by atoms with Gasteiger partial charge in [-0.3, -0.25) is 4.99 Å². The lowest BCUT2D eigenvalue weighted by Crippen LogP contribution is -2.09. The number of hydrogen-bond donors (Lipinski definition) is 1. The highest BCUT2D eigenvalue weighted by Gasteiger charge is 2.08. The molecule has 37 heavy (non-hydrogen) atoms. The van der Waals surface area contributed by atoms with E-state index in [9.17, 15) is 0 Å².